The van der Waals surface area contributed by atoms with E-state index >= 15 is 0 Å². The Kier molecular flexibility index (Phi) is 7.40. The summed E-state index contributed by atoms with van der Waals surface area (Å²) in [4.78, 5) is 10.9. The molecule has 0 aliphatic rings. The first-order valence-corrected chi connectivity index (χ1v) is 6.75. The molecule has 0 fully saturated rings. The number of esters is 1. The largest absolute Gasteiger partial charge is 0.494 e. The summed E-state index contributed by atoms with van der Waals surface area (Å²) in [5.74, 6) is 0.517. The summed E-state index contributed by atoms with van der Waals surface area (Å²) in [7, 11) is 1.36. The zero-order valence-electron chi connectivity index (χ0n) is 11.7. The third kappa shape index (κ3) is 6.65. The topological polar surface area (TPSA) is 35.5 Å². The summed E-state index contributed by atoms with van der Waals surface area (Å²) in [5.41, 5.74) is 0.948. The van der Waals surface area contributed by atoms with Crippen molar-refractivity contribution >= 4 is 12.0 Å². The number of carbonyl (C=O) groups is 1. The van der Waals surface area contributed by atoms with E-state index in [1.54, 1.807) is 6.08 Å². The van der Waals surface area contributed by atoms with Crippen molar-refractivity contribution in [3.63, 3.8) is 0 Å². The fourth-order valence-electron chi connectivity index (χ4n) is 1.63. The molecule has 1 rings (SSSR count). The van der Waals surface area contributed by atoms with Gasteiger partial charge in [0.25, 0.3) is 0 Å². The van der Waals surface area contributed by atoms with Crippen LogP contribution in [0.2, 0.25) is 0 Å². The van der Waals surface area contributed by atoms with Gasteiger partial charge >= 0.3 is 5.97 Å². The molecule has 0 N–H and O–H groups in total. The Balaban J connectivity index is 2.35. The summed E-state index contributed by atoms with van der Waals surface area (Å²) < 4.78 is 10.2. The average Bonchev–Trinajstić information content (AvgIpc) is 2.45. The Morgan fingerprint density at radius 2 is 1.89 bits per heavy atom. The molecule has 0 saturated carbocycles. The van der Waals surface area contributed by atoms with Gasteiger partial charge in [-0.25, -0.2) is 4.79 Å². The molecular weight excluding hydrogens is 240 g/mol. The molecule has 1 aromatic rings. The van der Waals surface area contributed by atoms with Crippen LogP contribution in [0.25, 0.3) is 6.08 Å². The van der Waals surface area contributed by atoms with Crippen LogP contribution in [0.15, 0.2) is 30.3 Å². The highest BCUT2D eigenvalue weighted by molar-refractivity contribution is 5.86. The standard InChI is InChI=1S/C16H22O3/c1-3-4-5-6-13-19-15-10-7-14(8-11-15)9-12-16(17)18-2/h7-12H,3-6,13H2,1-2H3/b12-9+. The molecule has 0 spiro atoms. The van der Waals surface area contributed by atoms with Gasteiger partial charge in [0.2, 0.25) is 0 Å². The minimum absolute atomic E-state index is 0.351. The molecule has 19 heavy (non-hydrogen) atoms. The van der Waals surface area contributed by atoms with Crippen molar-refractivity contribution in [1.29, 1.82) is 0 Å². The average molecular weight is 262 g/mol. The van der Waals surface area contributed by atoms with Crippen molar-refractivity contribution in [3.05, 3.63) is 35.9 Å². The van der Waals surface area contributed by atoms with Crippen molar-refractivity contribution in [2.45, 2.75) is 32.6 Å². The van der Waals surface area contributed by atoms with Gasteiger partial charge in [0.05, 0.1) is 13.7 Å². The van der Waals surface area contributed by atoms with Gasteiger partial charge in [-0.15, -0.1) is 0 Å². The maximum Gasteiger partial charge on any atom is 0.330 e. The number of benzene rings is 1. The molecule has 0 aromatic heterocycles. The molecule has 0 heterocycles. The van der Waals surface area contributed by atoms with Crippen LogP contribution in [0.3, 0.4) is 0 Å². The number of methoxy groups -OCH3 is 1. The van der Waals surface area contributed by atoms with E-state index in [4.69, 9.17) is 4.74 Å². The van der Waals surface area contributed by atoms with Crippen LogP contribution >= 0.6 is 0 Å². The van der Waals surface area contributed by atoms with Crippen molar-refractivity contribution in [2.24, 2.45) is 0 Å². The monoisotopic (exact) mass is 262 g/mol. The molecule has 0 unspecified atom stereocenters. The van der Waals surface area contributed by atoms with Crippen molar-refractivity contribution < 1.29 is 14.3 Å². The SMILES string of the molecule is CCCCCCOc1ccc(/C=C/C(=O)OC)cc1. The lowest BCUT2D eigenvalue weighted by Crippen LogP contribution is -1.97. The molecule has 0 aliphatic carbocycles. The summed E-state index contributed by atoms with van der Waals surface area (Å²) in [6.45, 7) is 2.96. The number of ether oxygens (including phenoxy) is 2. The highest BCUT2D eigenvalue weighted by Crippen LogP contribution is 2.14. The first-order valence-electron chi connectivity index (χ1n) is 6.75. The zero-order chi connectivity index (χ0) is 13.9. The lowest BCUT2D eigenvalue weighted by Gasteiger charge is -2.05. The van der Waals surface area contributed by atoms with E-state index in [0.717, 1.165) is 24.3 Å². The predicted octanol–water partition coefficient (Wildman–Crippen LogP) is 3.83. The van der Waals surface area contributed by atoms with Crippen LogP contribution in [-0.2, 0) is 9.53 Å². The molecule has 3 heteroatoms. The van der Waals surface area contributed by atoms with Crippen LogP contribution in [0.5, 0.6) is 5.75 Å². The Morgan fingerprint density at radius 3 is 2.53 bits per heavy atom. The van der Waals surface area contributed by atoms with Crippen molar-refractivity contribution in [3.8, 4) is 5.75 Å². The van der Waals surface area contributed by atoms with Gasteiger partial charge in [0.1, 0.15) is 5.75 Å². The van der Waals surface area contributed by atoms with Gasteiger partial charge in [0.15, 0.2) is 0 Å². The summed E-state index contributed by atoms with van der Waals surface area (Å²) in [6.07, 6.45) is 7.94. The van der Waals surface area contributed by atoms with Gasteiger partial charge in [-0.1, -0.05) is 38.3 Å². The Morgan fingerprint density at radius 1 is 1.16 bits per heavy atom. The second kappa shape index (κ2) is 9.20. The molecule has 0 atom stereocenters. The molecule has 0 saturated heterocycles. The summed E-state index contributed by atoms with van der Waals surface area (Å²) in [6, 6.07) is 7.66. The van der Waals surface area contributed by atoms with E-state index in [2.05, 4.69) is 11.7 Å². The molecule has 0 radical (unpaired) electrons. The van der Waals surface area contributed by atoms with Gasteiger partial charge in [-0.3, -0.25) is 0 Å². The van der Waals surface area contributed by atoms with E-state index in [-0.39, 0.29) is 5.97 Å². The molecule has 1 aromatic carbocycles. The van der Waals surface area contributed by atoms with Gasteiger partial charge in [-0.2, -0.15) is 0 Å². The van der Waals surface area contributed by atoms with Crippen LogP contribution in [-0.4, -0.2) is 19.7 Å². The van der Waals surface area contributed by atoms with Gasteiger partial charge < -0.3 is 9.47 Å². The maximum atomic E-state index is 10.9. The lowest BCUT2D eigenvalue weighted by atomic mass is 10.2. The quantitative estimate of drug-likeness (QED) is 0.406. The number of hydrogen-bond donors (Lipinski definition) is 0. The smallest absolute Gasteiger partial charge is 0.330 e. The molecule has 0 amide bonds. The second-order valence-electron chi connectivity index (χ2n) is 4.33. The summed E-state index contributed by atoms with van der Waals surface area (Å²) in [5, 5.41) is 0. The first-order chi connectivity index (χ1) is 9.26. The highest BCUT2D eigenvalue weighted by atomic mass is 16.5. The normalized spacial score (nSPS) is 10.6. The van der Waals surface area contributed by atoms with E-state index in [1.807, 2.05) is 24.3 Å². The predicted molar refractivity (Wildman–Crippen MR) is 77.1 cm³/mol. The van der Waals surface area contributed by atoms with Gasteiger partial charge in [0, 0.05) is 6.08 Å². The lowest BCUT2D eigenvalue weighted by molar-refractivity contribution is -0.134. The Bertz CT molecular complexity index is 393. The minimum atomic E-state index is -0.351. The molecular formula is C16H22O3. The Labute approximate surface area is 115 Å². The molecule has 3 nitrogen and oxygen atoms in total. The van der Waals surface area contributed by atoms with Crippen molar-refractivity contribution in [1.82, 2.24) is 0 Å². The molecule has 0 aliphatic heterocycles. The third-order valence-electron chi connectivity index (χ3n) is 2.76. The van der Waals surface area contributed by atoms with E-state index in [1.165, 1.54) is 32.4 Å². The van der Waals surface area contributed by atoms with E-state index in [9.17, 15) is 4.79 Å². The summed E-state index contributed by atoms with van der Waals surface area (Å²) >= 11 is 0. The zero-order valence-corrected chi connectivity index (χ0v) is 11.7. The second-order valence-corrected chi connectivity index (χ2v) is 4.33. The molecule has 0 bridgehead atoms. The number of carbonyl (C=O) groups excluding carboxylic acids is 1. The van der Waals surface area contributed by atoms with Crippen LogP contribution < -0.4 is 4.74 Å². The number of rotatable bonds is 8. The third-order valence-corrected chi connectivity index (χ3v) is 2.76. The fourth-order valence-corrected chi connectivity index (χ4v) is 1.63. The Hall–Kier alpha value is -1.77. The fraction of sp³-hybridized carbons (Fsp3) is 0.438. The van der Waals surface area contributed by atoms with Crippen LogP contribution in [0, 0.1) is 0 Å². The van der Waals surface area contributed by atoms with E-state index < -0.39 is 0 Å². The van der Waals surface area contributed by atoms with Crippen LogP contribution in [0.1, 0.15) is 38.2 Å². The maximum absolute atomic E-state index is 10.9. The number of hydrogen-bond acceptors (Lipinski definition) is 3. The first kappa shape index (κ1) is 15.3. The van der Waals surface area contributed by atoms with Crippen molar-refractivity contribution in [2.75, 3.05) is 13.7 Å². The van der Waals surface area contributed by atoms with Crippen LogP contribution in [0.4, 0.5) is 0 Å². The number of unbranched alkanes of at least 4 members (excludes halogenated alkanes) is 3. The van der Waals surface area contributed by atoms with E-state index in [0.29, 0.717) is 0 Å². The molecule has 104 valence electrons. The highest BCUT2D eigenvalue weighted by Gasteiger charge is 1.95. The minimum Gasteiger partial charge on any atom is -0.494 e. The van der Waals surface area contributed by atoms with Gasteiger partial charge in [-0.05, 0) is 30.2 Å².